The third kappa shape index (κ3) is 3.38. The Labute approximate surface area is 158 Å². The number of ether oxygens (including phenoxy) is 1. The molecule has 0 saturated carbocycles. The van der Waals surface area contributed by atoms with E-state index in [1.807, 2.05) is 59.1 Å². The largest absolute Gasteiger partial charge is 0.497 e. The molecule has 2 N–H and O–H groups in total. The normalized spacial score (nSPS) is 11.7. The lowest BCUT2D eigenvalue weighted by Gasteiger charge is -2.22. The van der Waals surface area contributed by atoms with E-state index < -0.39 is 0 Å². The zero-order valence-corrected chi connectivity index (χ0v) is 15.9. The lowest BCUT2D eigenvalue weighted by molar-refractivity contribution is 0.415. The van der Waals surface area contributed by atoms with Crippen LogP contribution >= 0.6 is 0 Å². The van der Waals surface area contributed by atoms with Crippen molar-refractivity contribution in [3.8, 4) is 28.4 Å². The van der Waals surface area contributed by atoms with Gasteiger partial charge in [0, 0.05) is 16.7 Å². The van der Waals surface area contributed by atoms with Crippen molar-refractivity contribution in [2.75, 3.05) is 12.4 Å². The van der Waals surface area contributed by atoms with Crippen LogP contribution < -0.4 is 10.1 Å². The van der Waals surface area contributed by atoms with E-state index in [0.717, 1.165) is 34.2 Å². The minimum Gasteiger partial charge on any atom is -0.497 e. The van der Waals surface area contributed by atoms with E-state index >= 15 is 0 Å². The Morgan fingerprint density at radius 3 is 2.26 bits per heavy atom. The second kappa shape index (κ2) is 6.46. The standard InChI is InChI=1S/C21H23N5O/c1-21(2,3)24-19-17(14-10-12-16(27-4)13-11-14)22-20-23-18(25-26(19)20)15-8-6-5-7-9-15/h5-13,24H,1-4H3,(H,22,23,25). The Morgan fingerprint density at radius 1 is 0.926 bits per heavy atom. The van der Waals surface area contributed by atoms with Gasteiger partial charge in [-0.25, -0.2) is 9.50 Å². The number of imidazole rings is 1. The van der Waals surface area contributed by atoms with Crippen LogP contribution in [0.1, 0.15) is 20.8 Å². The van der Waals surface area contributed by atoms with E-state index in [1.54, 1.807) is 7.11 Å². The van der Waals surface area contributed by atoms with E-state index in [4.69, 9.17) is 9.72 Å². The molecule has 0 radical (unpaired) electrons. The van der Waals surface area contributed by atoms with Gasteiger partial charge < -0.3 is 10.1 Å². The molecule has 138 valence electrons. The Morgan fingerprint density at radius 2 is 1.63 bits per heavy atom. The highest BCUT2D eigenvalue weighted by atomic mass is 16.5. The van der Waals surface area contributed by atoms with Crippen LogP contribution in [0.5, 0.6) is 5.75 Å². The van der Waals surface area contributed by atoms with Crippen molar-refractivity contribution >= 4 is 11.6 Å². The van der Waals surface area contributed by atoms with Gasteiger partial charge in [0.2, 0.25) is 0 Å². The first-order chi connectivity index (χ1) is 12.9. The van der Waals surface area contributed by atoms with Gasteiger partial charge in [0.15, 0.2) is 11.6 Å². The molecule has 0 aliphatic carbocycles. The number of fused-ring (bicyclic) bond motifs is 1. The highest BCUT2D eigenvalue weighted by Gasteiger charge is 2.22. The van der Waals surface area contributed by atoms with Gasteiger partial charge in [-0.15, -0.1) is 0 Å². The van der Waals surface area contributed by atoms with Gasteiger partial charge in [-0.3, -0.25) is 5.10 Å². The third-order valence-corrected chi connectivity index (χ3v) is 4.19. The molecular formula is C21H23N5O. The minimum absolute atomic E-state index is 0.130. The van der Waals surface area contributed by atoms with Crippen molar-refractivity contribution in [1.29, 1.82) is 0 Å². The molecule has 0 fully saturated rings. The van der Waals surface area contributed by atoms with Crippen LogP contribution in [0, 0.1) is 0 Å². The molecule has 0 saturated heterocycles. The molecule has 2 aromatic carbocycles. The van der Waals surface area contributed by atoms with Crippen LogP contribution in [0.15, 0.2) is 54.6 Å². The molecular weight excluding hydrogens is 338 g/mol. The topological polar surface area (TPSA) is 67.2 Å². The monoisotopic (exact) mass is 361 g/mol. The molecule has 4 aromatic rings. The van der Waals surface area contributed by atoms with Crippen molar-refractivity contribution in [3.63, 3.8) is 0 Å². The number of H-pyrrole nitrogens is 1. The number of hydrogen-bond acceptors (Lipinski definition) is 4. The van der Waals surface area contributed by atoms with Crippen LogP contribution in [-0.2, 0) is 0 Å². The van der Waals surface area contributed by atoms with Crippen LogP contribution in [0.25, 0.3) is 28.4 Å². The number of methoxy groups -OCH3 is 1. The molecule has 4 rings (SSSR count). The first kappa shape index (κ1) is 17.1. The van der Waals surface area contributed by atoms with Crippen LogP contribution in [0.3, 0.4) is 0 Å². The summed E-state index contributed by atoms with van der Waals surface area (Å²) in [7, 11) is 1.66. The number of benzene rings is 2. The predicted octanol–water partition coefficient (Wildman–Crippen LogP) is 4.61. The molecule has 2 heterocycles. The maximum atomic E-state index is 5.26. The Kier molecular flexibility index (Phi) is 4.11. The highest BCUT2D eigenvalue weighted by molar-refractivity contribution is 5.76. The summed E-state index contributed by atoms with van der Waals surface area (Å²) in [5.41, 5.74) is 2.75. The van der Waals surface area contributed by atoms with E-state index in [0.29, 0.717) is 5.78 Å². The van der Waals surface area contributed by atoms with Crippen LogP contribution in [-0.4, -0.2) is 32.2 Å². The number of rotatable bonds is 4. The summed E-state index contributed by atoms with van der Waals surface area (Å²) < 4.78 is 7.17. The number of aromatic nitrogens is 4. The smallest absolute Gasteiger partial charge is 0.253 e. The van der Waals surface area contributed by atoms with Gasteiger partial charge in [-0.05, 0) is 45.0 Å². The predicted molar refractivity (Wildman–Crippen MR) is 108 cm³/mol. The van der Waals surface area contributed by atoms with E-state index in [9.17, 15) is 0 Å². The first-order valence-electron chi connectivity index (χ1n) is 8.91. The zero-order valence-electron chi connectivity index (χ0n) is 15.9. The molecule has 0 bridgehead atoms. The van der Waals surface area contributed by atoms with E-state index in [2.05, 4.69) is 36.2 Å². The maximum absolute atomic E-state index is 5.26. The van der Waals surface area contributed by atoms with Gasteiger partial charge in [-0.2, -0.15) is 4.98 Å². The Bertz CT molecular complexity index is 1060. The number of hydrogen-bond donors (Lipinski definition) is 2. The minimum atomic E-state index is -0.130. The van der Waals surface area contributed by atoms with Crippen LogP contribution in [0.4, 0.5) is 5.82 Å². The summed E-state index contributed by atoms with van der Waals surface area (Å²) in [5.74, 6) is 3.12. The van der Waals surface area contributed by atoms with Gasteiger partial charge in [0.1, 0.15) is 11.4 Å². The average molecular weight is 361 g/mol. The molecule has 6 nitrogen and oxygen atoms in total. The molecule has 0 atom stereocenters. The summed E-state index contributed by atoms with van der Waals surface area (Å²) in [6.45, 7) is 6.37. The quantitative estimate of drug-likeness (QED) is 0.557. The SMILES string of the molecule is COc1ccc(-c2nc3nc(-c4ccccc4)[nH]n3c2NC(C)(C)C)cc1. The molecule has 0 aliphatic rings. The number of nitrogens with zero attached hydrogens (tertiary/aromatic N) is 3. The van der Waals surface area contributed by atoms with Gasteiger partial charge in [0.25, 0.3) is 5.78 Å². The second-order valence-corrected chi connectivity index (χ2v) is 7.49. The molecule has 0 unspecified atom stereocenters. The van der Waals surface area contributed by atoms with Gasteiger partial charge in [0.05, 0.1) is 7.11 Å². The maximum Gasteiger partial charge on any atom is 0.253 e. The summed E-state index contributed by atoms with van der Waals surface area (Å²) in [4.78, 5) is 9.47. The van der Waals surface area contributed by atoms with E-state index in [-0.39, 0.29) is 5.54 Å². The number of anilines is 1. The summed E-state index contributed by atoms with van der Waals surface area (Å²) in [6.07, 6.45) is 0. The fourth-order valence-electron chi connectivity index (χ4n) is 2.97. The van der Waals surface area contributed by atoms with E-state index in [1.165, 1.54) is 0 Å². The van der Waals surface area contributed by atoms with Gasteiger partial charge in [-0.1, -0.05) is 30.3 Å². The van der Waals surface area contributed by atoms with Crippen molar-refractivity contribution in [3.05, 3.63) is 54.6 Å². The lowest BCUT2D eigenvalue weighted by atomic mass is 10.1. The molecule has 0 amide bonds. The van der Waals surface area contributed by atoms with Crippen molar-refractivity contribution in [1.82, 2.24) is 19.6 Å². The second-order valence-electron chi connectivity index (χ2n) is 7.49. The Hall–Kier alpha value is -3.28. The fraction of sp³-hybridized carbons (Fsp3) is 0.238. The number of nitrogens with one attached hydrogen (secondary N) is 2. The number of aromatic amines is 1. The Balaban J connectivity index is 1.85. The molecule has 2 aromatic heterocycles. The van der Waals surface area contributed by atoms with Crippen LogP contribution in [0.2, 0.25) is 0 Å². The molecule has 6 heteroatoms. The fourth-order valence-corrected chi connectivity index (χ4v) is 2.97. The highest BCUT2D eigenvalue weighted by Crippen LogP contribution is 2.32. The van der Waals surface area contributed by atoms with Crippen molar-refractivity contribution in [2.45, 2.75) is 26.3 Å². The lowest BCUT2D eigenvalue weighted by Crippen LogP contribution is -2.27. The zero-order chi connectivity index (χ0) is 19.0. The van der Waals surface area contributed by atoms with Crippen molar-refractivity contribution < 1.29 is 4.74 Å². The molecule has 0 aliphatic heterocycles. The summed E-state index contributed by atoms with van der Waals surface area (Å²) in [6, 6.07) is 17.9. The summed E-state index contributed by atoms with van der Waals surface area (Å²) >= 11 is 0. The molecule has 0 spiro atoms. The third-order valence-electron chi connectivity index (χ3n) is 4.19. The molecule has 27 heavy (non-hydrogen) atoms. The first-order valence-corrected chi connectivity index (χ1v) is 8.91. The van der Waals surface area contributed by atoms with Crippen molar-refractivity contribution in [2.24, 2.45) is 0 Å². The average Bonchev–Trinajstić information content (AvgIpc) is 3.21. The summed E-state index contributed by atoms with van der Waals surface area (Å²) in [5, 5.41) is 6.93. The van der Waals surface area contributed by atoms with Gasteiger partial charge >= 0.3 is 0 Å².